The highest BCUT2D eigenvalue weighted by molar-refractivity contribution is 6.09. The summed E-state index contributed by atoms with van der Waals surface area (Å²) < 4.78 is 15.4. The van der Waals surface area contributed by atoms with Crippen LogP contribution in [0.3, 0.4) is 0 Å². The number of carbonyl (C=O) groups excluding carboxylic acids is 2. The first kappa shape index (κ1) is 23.6. The predicted molar refractivity (Wildman–Crippen MR) is 129 cm³/mol. The maximum Gasteiger partial charge on any atom is 0.241 e. The Morgan fingerprint density at radius 1 is 1.12 bits per heavy atom. The summed E-state index contributed by atoms with van der Waals surface area (Å²) in [7, 11) is 0. The number of piperazine rings is 1. The zero-order valence-corrected chi connectivity index (χ0v) is 19.2. The van der Waals surface area contributed by atoms with Crippen LogP contribution in [0.4, 0.5) is 10.1 Å². The Morgan fingerprint density at radius 2 is 1.88 bits per heavy atom. The molecule has 1 fully saturated rings. The van der Waals surface area contributed by atoms with E-state index in [2.05, 4.69) is 21.2 Å². The van der Waals surface area contributed by atoms with Crippen molar-refractivity contribution in [1.29, 1.82) is 5.26 Å². The van der Waals surface area contributed by atoms with E-state index in [-0.39, 0.29) is 17.7 Å². The van der Waals surface area contributed by atoms with Crippen molar-refractivity contribution in [2.75, 3.05) is 38.0 Å². The molecule has 176 valence electrons. The fraction of sp³-hybridized carbons (Fsp3) is 0.346. The molecule has 1 aliphatic rings. The third-order valence-corrected chi connectivity index (χ3v) is 6.35. The largest absolute Gasteiger partial charge is 0.346 e. The number of nitriles is 1. The molecule has 1 unspecified atom stereocenters. The number of hydrogen-bond donors (Lipinski definition) is 1. The third kappa shape index (κ3) is 5.33. The number of carbonyl (C=O) groups is 2. The van der Waals surface area contributed by atoms with Crippen molar-refractivity contribution in [3.8, 4) is 6.07 Å². The SMILES string of the molecule is CC(C(=O)Nc1cccc(F)c1)N1CCN(CC(=O)c2cn(CCC#N)c3ccccc23)CC1. The summed E-state index contributed by atoms with van der Waals surface area (Å²) in [6, 6.07) is 15.4. The average Bonchev–Trinajstić information content (AvgIpc) is 3.21. The van der Waals surface area contributed by atoms with Gasteiger partial charge in [-0.1, -0.05) is 24.3 Å². The molecule has 1 amide bonds. The Hall–Kier alpha value is -3.54. The van der Waals surface area contributed by atoms with Crippen LogP contribution in [0.2, 0.25) is 0 Å². The van der Waals surface area contributed by atoms with Crippen LogP contribution in [0.1, 0.15) is 23.7 Å². The number of fused-ring (bicyclic) bond motifs is 1. The normalized spacial score (nSPS) is 15.7. The maximum atomic E-state index is 13.4. The van der Waals surface area contributed by atoms with Crippen LogP contribution in [0.25, 0.3) is 10.9 Å². The predicted octanol–water partition coefficient (Wildman–Crippen LogP) is 3.52. The fourth-order valence-corrected chi connectivity index (χ4v) is 4.40. The van der Waals surface area contributed by atoms with Gasteiger partial charge in [-0.3, -0.25) is 19.4 Å². The van der Waals surface area contributed by atoms with E-state index in [1.165, 1.54) is 12.1 Å². The first-order valence-electron chi connectivity index (χ1n) is 11.5. The number of nitrogens with one attached hydrogen (secondary N) is 1. The molecular weight excluding hydrogens is 433 g/mol. The van der Waals surface area contributed by atoms with Crippen molar-refractivity contribution in [2.45, 2.75) is 25.9 Å². The zero-order valence-electron chi connectivity index (χ0n) is 19.2. The van der Waals surface area contributed by atoms with Crippen molar-refractivity contribution in [3.05, 3.63) is 66.1 Å². The van der Waals surface area contributed by atoms with Crippen LogP contribution < -0.4 is 5.32 Å². The molecule has 1 atom stereocenters. The molecule has 1 aromatic heterocycles. The Labute approximate surface area is 198 Å². The quantitative estimate of drug-likeness (QED) is 0.519. The van der Waals surface area contributed by atoms with E-state index in [0.717, 1.165) is 10.9 Å². The summed E-state index contributed by atoms with van der Waals surface area (Å²) >= 11 is 0. The molecule has 8 heteroatoms. The van der Waals surface area contributed by atoms with Gasteiger partial charge in [-0.15, -0.1) is 0 Å². The molecule has 0 saturated carbocycles. The van der Waals surface area contributed by atoms with Gasteiger partial charge >= 0.3 is 0 Å². The number of hydrogen-bond acceptors (Lipinski definition) is 5. The second kappa shape index (κ2) is 10.6. The van der Waals surface area contributed by atoms with E-state index in [9.17, 15) is 14.0 Å². The Morgan fingerprint density at radius 3 is 2.62 bits per heavy atom. The lowest BCUT2D eigenvalue weighted by Crippen LogP contribution is -2.53. The lowest BCUT2D eigenvalue weighted by Gasteiger charge is -2.37. The van der Waals surface area contributed by atoms with Gasteiger partial charge in [0.05, 0.1) is 25.1 Å². The number of amides is 1. The van der Waals surface area contributed by atoms with E-state index in [1.54, 1.807) is 12.1 Å². The summed E-state index contributed by atoms with van der Waals surface area (Å²) in [5, 5.41) is 12.6. The number of aryl methyl sites for hydroxylation is 1. The minimum absolute atomic E-state index is 0.0530. The van der Waals surface area contributed by atoms with E-state index >= 15 is 0 Å². The smallest absolute Gasteiger partial charge is 0.241 e. The van der Waals surface area contributed by atoms with E-state index in [0.29, 0.717) is 56.9 Å². The lowest BCUT2D eigenvalue weighted by atomic mass is 10.1. The van der Waals surface area contributed by atoms with E-state index in [1.807, 2.05) is 42.0 Å². The number of ketones is 1. The van der Waals surface area contributed by atoms with Gasteiger partial charge in [0.25, 0.3) is 0 Å². The molecule has 0 radical (unpaired) electrons. The lowest BCUT2D eigenvalue weighted by molar-refractivity contribution is -0.121. The third-order valence-electron chi connectivity index (χ3n) is 6.35. The molecule has 2 aromatic carbocycles. The van der Waals surface area contributed by atoms with Gasteiger partial charge in [0.15, 0.2) is 5.78 Å². The molecule has 34 heavy (non-hydrogen) atoms. The standard InChI is InChI=1S/C26H28FN5O2/c1-19(26(34)29-21-7-4-6-20(27)16-21)31-14-12-30(13-15-31)18-25(33)23-17-32(11-5-10-28)24-9-3-2-8-22(23)24/h2-4,6-9,16-17,19H,5,11-15,18H2,1H3,(H,29,34). The number of halogens is 1. The van der Waals surface area contributed by atoms with E-state index < -0.39 is 5.82 Å². The number of benzene rings is 2. The summed E-state index contributed by atoms with van der Waals surface area (Å²) in [6.07, 6.45) is 2.25. The van der Waals surface area contributed by atoms with Gasteiger partial charge in [0.2, 0.25) is 5.91 Å². The van der Waals surface area contributed by atoms with Gasteiger partial charge in [-0.05, 0) is 31.2 Å². The highest BCUT2D eigenvalue weighted by Crippen LogP contribution is 2.23. The first-order chi connectivity index (χ1) is 16.5. The summed E-state index contributed by atoms with van der Waals surface area (Å²) in [5.41, 5.74) is 2.08. The van der Waals surface area contributed by atoms with Crippen LogP contribution in [0, 0.1) is 17.1 Å². The van der Waals surface area contributed by atoms with Crippen LogP contribution in [0.5, 0.6) is 0 Å². The number of anilines is 1. The Kier molecular flexibility index (Phi) is 7.36. The van der Waals surface area contributed by atoms with Crippen molar-refractivity contribution < 1.29 is 14.0 Å². The minimum Gasteiger partial charge on any atom is -0.346 e. The monoisotopic (exact) mass is 461 g/mol. The van der Waals surface area contributed by atoms with Gasteiger partial charge in [-0.25, -0.2) is 4.39 Å². The molecule has 1 aliphatic heterocycles. The number of aromatic nitrogens is 1. The second-order valence-electron chi connectivity index (χ2n) is 8.57. The van der Waals surface area contributed by atoms with Crippen LogP contribution >= 0.6 is 0 Å². The van der Waals surface area contributed by atoms with Gasteiger partial charge in [-0.2, -0.15) is 5.26 Å². The van der Waals surface area contributed by atoms with Gasteiger partial charge in [0.1, 0.15) is 5.82 Å². The van der Waals surface area contributed by atoms with Crippen LogP contribution in [-0.2, 0) is 11.3 Å². The molecule has 0 bridgehead atoms. The van der Waals surface area contributed by atoms with Gasteiger partial charge < -0.3 is 9.88 Å². The summed E-state index contributed by atoms with van der Waals surface area (Å²) in [5.74, 6) is -0.519. The number of rotatable bonds is 8. The highest BCUT2D eigenvalue weighted by atomic mass is 19.1. The molecule has 0 spiro atoms. The Bertz CT molecular complexity index is 1220. The van der Waals surface area contributed by atoms with Crippen molar-refractivity contribution >= 4 is 28.3 Å². The highest BCUT2D eigenvalue weighted by Gasteiger charge is 2.27. The Balaban J connectivity index is 1.34. The molecule has 4 rings (SSSR count). The minimum atomic E-state index is -0.392. The molecule has 3 aromatic rings. The van der Waals surface area contributed by atoms with Gasteiger partial charge in [0, 0.05) is 61.1 Å². The number of Topliss-reactive ketones (excluding diaryl/α,β-unsaturated/α-hetero) is 1. The maximum absolute atomic E-state index is 13.4. The number of nitrogens with zero attached hydrogens (tertiary/aromatic N) is 4. The molecule has 7 nitrogen and oxygen atoms in total. The first-order valence-corrected chi connectivity index (χ1v) is 11.5. The molecule has 1 saturated heterocycles. The zero-order chi connectivity index (χ0) is 24.1. The summed E-state index contributed by atoms with van der Waals surface area (Å²) in [4.78, 5) is 29.9. The molecular formula is C26H28FN5O2. The molecule has 0 aliphatic carbocycles. The fourth-order valence-electron chi connectivity index (χ4n) is 4.40. The average molecular weight is 462 g/mol. The van der Waals surface area contributed by atoms with Crippen molar-refractivity contribution in [1.82, 2.24) is 14.4 Å². The molecule has 2 heterocycles. The topological polar surface area (TPSA) is 81.4 Å². The van der Waals surface area contributed by atoms with Crippen LogP contribution in [-0.4, -0.2) is 64.8 Å². The van der Waals surface area contributed by atoms with E-state index in [4.69, 9.17) is 5.26 Å². The van der Waals surface area contributed by atoms with Crippen molar-refractivity contribution in [2.24, 2.45) is 0 Å². The van der Waals surface area contributed by atoms with Crippen LogP contribution in [0.15, 0.2) is 54.7 Å². The summed E-state index contributed by atoms with van der Waals surface area (Å²) in [6.45, 7) is 5.38. The van der Waals surface area contributed by atoms with Crippen molar-refractivity contribution in [3.63, 3.8) is 0 Å². The molecule has 1 N–H and O–H groups in total. The number of para-hydroxylation sites is 1. The second-order valence-corrected chi connectivity index (χ2v) is 8.57.